The number of epoxide rings is 1. The van der Waals surface area contributed by atoms with Gasteiger partial charge in [-0.3, -0.25) is 10.1 Å². The fourth-order valence-electron chi connectivity index (χ4n) is 4.81. The summed E-state index contributed by atoms with van der Waals surface area (Å²) in [4.78, 5) is 24.2. The molecule has 0 aliphatic carbocycles. The number of pyridine rings is 3. The number of H-pyrrole nitrogens is 2. The minimum absolute atomic E-state index is 0.0419. The van der Waals surface area contributed by atoms with Crippen molar-refractivity contribution in [2.75, 3.05) is 5.32 Å². The average Bonchev–Trinajstić information content (AvgIpc) is 3.27. The smallest absolute Gasteiger partial charge is 0.181 e. The molecule has 7 rings (SSSR count). The van der Waals surface area contributed by atoms with Gasteiger partial charge in [-0.25, -0.2) is 15.0 Å². The van der Waals surface area contributed by atoms with Crippen molar-refractivity contribution in [2.45, 2.75) is 39.5 Å². The van der Waals surface area contributed by atoms with Crippen molar-refractivity contribution in [1.29, 1.82) is 0 Å². The number of nitrogens with one attached hydrogen (secondary N) is 3. The molecule has 0 saturated carbocycles. The summed E-state index contributed by atoms with van der Waals surface area (Å²) in [6.07, 6.45) is 8.62. The molecule has 3 N–H and O–H groups in total. The Morgan fingerprint density at radius 3 is 2.79 bits per heavy atom. The second-order valence-electron chi connectivity index (χ2n) is 10.1. The van der Waals surface area contributed by atoms with E-state index >= 15 is 0 Å². The van der Waals surface area contributed by atoms with Gasteiger partial charge in [0.2, 0.25) is 0 Å². The van der Waals surface area contributed by atoms with E-state index in [1.54, 1.807) is 17.5 Å². The Bertz CT molecular complexity index is 1780. The molecule has 0 amide bonds. The number of hydrogen-bond donors (Lipinski definition) is 3. The third-order valence-corrected chi connectivity index (χ3v) is 7.74. The summed E-state index contributed by atoms with van der Waals surface area (Å²) < 4.78 is 5.77. The van der Waals surface area contributed by atoms with E-state index in [0.717, 1.165) is 45.4 Å². The van der Waals surface area contributed by atoms with Gasteiger partial charge in [-0.1, -0.05) is 13.8 Å². The van der Waals surface area contributed by atoms with Crippen molar-refractivity contribution in [3.05, 3.63) is 60.0 Å². The van der Waals surface area contributed by atoms with Crippen molar-refractivity contribution in [1.82, 2.24) is 35.1 Å². The Kier molecular flexibility index (Phi) is 5.45. The molecule has 0 bridgehead atoms. The number of ether oxygens (including phenoxy) is 1. The van der Waals surface area contributed by atoms with Gasteiger partial charge in [0.05, 0.1) is 22.8 Å². The highest BCUT2D eigenvalue weighted by Crippen LogP contribution is 2.35. The van der Waals surface area contributed by atoms with E-state index in [4.69, 9.17) is 9.72 Å². The zero-order valence-electron chi connectivity index (χ0n) is 21.2. The van der Waals surface area contributed by atoms with Gasteiger partial charge in [-0.15, -0.1) is 11.3 Å². The molecule has 7 heterocycles. The maximum atomic E-state index is 5.77. The SMILES string of the molecule is Cc1ccc(-c2ccnc3nc(-c4[nH]nc5ncc(-c6cncc(NC7OC7CC(C)C)c6)cc45)[nH]c23)s1. The molecule has 6 aromatic heterocycles. The van der Waals surface area contributed by atoms with E-state index in [1.807, 2.05) is 24.7 Å². The van der Waals surface area contributed by atoms with Crippen LogP contribution in [0.25, 0.3) is 55.3 Å². The molecular weight excluding hydrogens is 496 g/mol. The molecule has 0 aromatic carbocycles. The first-order valence-electron chi connectivity index (χ1n) is 12.7. The van der Waals surface area contributed by atoms with Gasteiger partial charge in [0.25, 0.3) is 0 Å². The number of aromatic amines is 2. The van der Waals surface area contributed by atoms with E-state index in [0.29, 0.717) is 23.0 Å². The average molecular weight is 523 g/mol. The van der Waals surface area contributed by atoms with Crippen LogP contribution in [0.1, 0.15) is 25.1 Å². The van der Waals surface area contributed by atoms with E-state index in [1.165, 1.54) is 9.75 Å². The third kappa shape index (κ3) is 4.21. The van der Waals surface area contributed by atoms with Crippen LogP contribution < -0.4 is 5.32 Å². The van der Waals surface area contributed by atoms with Gasteiger partial charge in [0.1, 0.15) is 11.8 Å². The molecule has 0 spiro atoms. The van der Waals surface area contributed by atoms with Crippen LogP contribution in [0.15, 0.2) is 55.1 Å². The Morgan fingerprint density at radius 1 is 1.05 bits per heavy atom. The second-order valence-corrected chi connectivity index (χ2v) is 11.4. The van der Waals surface area contributed by atoms with Crippen LogP contribution in [0.4, 0.5) is 5.69 Å². The lowest BCUT2D eigenvalue weighted by Gasteiger charge is -2.07. The molecular formula is C28H26N8OS. The topological polar surface area (TPSA) is 121 Å². The molecule has 0 radical (unpaired) electrons. The van der Waals surface area contributed by atoms with Crippen LogP contribution in [0, 0.1) is 12.8 Å². The van der Waals surface area contributed by atoms with Crippen LogP contribution in [-0.4, -0.2) is 47.4 Å². The maximum absolute atomic E-state index is 5.77. The largest absolute Gasteiger partial charge is 0.357 e. The Balaban J connectivity index is 1.22. The zero-order chi connectivity index (χ0) is 25.8. The van der Waals surface area contributed by atoms with E-state index in [-0.39, 0.29) is 12.3 Å². The van der Waals surface area contributed by atoms with Crippen LogP contribution >= 0.6 is 11.3 Å². The molecule has 38 heavy (non-hydrogen) atoms. The number of imidazole rings is 1. The van der Waals surface area contributed by atoms with Crippen LogP contribution in [0.2, 0.25) is 0 Å². The summed E-state index contributed by atoms with van der Waals surface area (Å²) in [7, 11) is 0. The van der Waals surface area contributed by atoms with Crippen LogP contribution in [-0.2, 0) is 4.74 Å². The lowest BCUT2D eigenvalue weighted by molar-refractivity contribution is 0.354. The fraction of sp³-hybridized carbons (Fsp3) is 0.250. The number of hydrogen-bond acceptors (Lipinski definition) is 8. The van der Waals surface area contributed by atoms with Gasteiger partial charge in [-0.2, -0.15) is 5.10 Å². The molecule has 1 fully saturated rings. The molecule has 10 heteroatoms. The lowest BCUT2D eigenvalue weighted by atomic mass is 10.1. The summed E-state index contributed by atoms with van der Waals surface area (Å²) in [6, 6.07) is 10.4. The lowest BCUT2D eigenvalue weighted by Crippen LogP contribution is -2.09. The first-order valence-corrected chi connectivity index (χ1v) is 13.5. The molecule has 1 aliphatic heterocycles. The van der Waals surface area contributed by atoms with Gasteiger partial charge in [-0.05, 0) is 49.6 Å². The van der Waals surface area contributed by atoms with Gasteiger partial charge in [0, 0.05) is 45.0 Å². The van der Waals surface area contributed by atoms with Crippen LogP contribution in [0.3, 0.4) is 0 Å². The Morgan fingerprint density at radius 2 is 1.95 bits per heavy atom. The number of anilines is 1. The van der Waals surface area contributed by atoms with E-state index in [9.17, 15) is 0 Å². The molecule has 6 aromatic rings. The second kappa shape index (κ2) is 9.00. The first-order chi connectivity index (χ1) is 18.5. The minimum atomic E-state index is 0.0419. The van der Waals surface area contributed by atoms with Crippen molar-refractivity contribution < 1.29 is 4.74 Å². The predicted molar refractivity (Wildman–Crippen MR) is 150 cm³/mol. The van der Waals surface area contributed by atoms with Crippen molar-refractivity contribution in [3.8, 4) is 33.1 Å². The van der Waals surface area contributed by atoms with Gasteiger partial charge in [0.15, 0.2) is 23.3 Å². The summed E-state index contributed by atoms with van der Waals surface area (Å²) in [6.45, 7) is 6.52. The molecule has 190 valence electrons. The quantitative estimate of drug-likeness (QED) is 0.214. The highest BCUT2D eigenvalue weighted by Gasteiger charge is 2.39. The predicted octanol–water partition coefficient (Wildman–Crippen LogP) is 6.18. The standard InChI is InChI=1S/C28H26N8OS/c1-14(2)8-21-28(37-21)32-18-9-16(11-29-13-18)17-10-20-24(35-36-25(20)31-12-17)27-33-23-19(6-7-30-26(23)34-27)22-5-4-15(3)38-22/h4-7,9-14,21,28,32H,8H2,1-3H3,(H,30,33,34)(H,31,35,36). The summed E-state index contributed by atoms with van der Waals surface area (Å²) >= 11 is 1.75. The first kappa shape index (κ1) is 23.0. The van der Waals surface area contributed by atoms with E-state index in [2.05, 4.69) is 80.5 Å². The Labute approximate surface area is 222 Å². The number of aromatic nitrogens is 7. The number of fused-ring (bicyclic) bond motifs is 2. The van der Waals surface area contributed by atoms with Crippen LogP contribution in [0.5, 0.6) is 0 Å². The number of thiophene rings is 1. The molecule has 2 unspecified atom stereocenters. The fourth-order valence-corrected chi connectivity index (χ4v) is 5.71. The van der Waals surface area contributed by atoms with Crippen molar-refractivity contribution >= 4 is 39.2 Å². The summed E-state index contributed by atoms with van der Waals surface area (Å²) in [5.41, 5.74) is 6.86. The zero-order valence-corrected chi connectivity index (χ0v) is 22.0. The minimum Gasteiger partial charge on any atom is -0.357 e. The highest BCUT2D eigenvalue weighted by molar-refractivity contribution is 7.15. The van der Waals surface area contributed by atoms with Gasteiger partial charge >= 0.3 is 0 Å². The number of aryl methyl sites for hydroxylation is 1. The maximum Gasteiger partial charge on any atom is 0.181 e. The number of rotatable bonds is 7. The molecule has 9 nitrogen and oxygen atoms in total. The van der Waals surface area contributed by atoms with E-state index < -0.39 is 0 Å². The molecule has 1 aliphatic rings. The molecule has 1 saturated heterocycles. The third-order valence-electron chi connectivity index (χ3n) is 6.71. The Hall–Kier alpha value is -4.15. The monoisotopic (exact) mass is 522 g/mol. The normalized spacial score (nSPS) is 17.1. The number of nitrogens with zero attached hydrogens (tertiary/aromatic N) is 5. The highest BCUT2D eigenvalue weighted by atomic mass is 32.1. The summed E-state index contributed by atoms with van der Waals surface area (Å²) in [5.74, 6) is 1.28. The van der Waals surface area contributed by atoms with Crippen molar-refractivity contribution in [2.24, 2.45) is 5.92 Å². The van der Waals surface area contributed by atoms with Crippen molar-refractivity contribution in [3.63, 3.8) is 0 Å². The summed E-state index contributed by atoms with van der Waals surface area (Å²) in [5, 5.41) is 11.9. The molecule has 2 atom stereocenters. The van der Waals surface area contributed by atoms with Gasteiger partial charge < -0.3 is 15.0 Å².